The van der Waals surface area contributed by atoms with Gasteiger partial charge in [0.25, 0.3) is 5.91 Å². The summed E-state index contributed by atoms with van der Waals surface area (Å²) in [5.41, 5.74) is 9.02. The van der Waals surface area contributed by atoms with Crippen LogP contribution in [0.5, 0.6) is 0 Å². The van der Waals surface area contributed by atoms with E-state index in [9.17, 15) is 14.4 Å². The first-order valence-corrected chi connectivity index (χ1v) is 11.0. The molecule has 1 aliphatic heterocycles. The standard InChI is InChI=1S/C25H29N3O5/c1-3-33-25(31)27-23(26)20-8-4-18(5-9-20)19-6-10-21(11-7-19)24(30)28-14-12-17(13-15-28)16-22(29)32-2/h4-11,17H,3,12-16H2,1-2H3,(H2,26,27,31). The molecule has 8 nitrogen and oxygen atoms in total. The van der Waals surface area contributed by atoms with E-state index in [0.29, 0.717) is 30.6 Å². The number of piperidine rings is 1. The number of amides is 2. The summed E-state index contributed by atoms with van der Waals surface area (Å²) in [6.45, 7) is 3.21. The van der Waals surface area contributed by atoms with E-state index in [0.717, 1.165) is 24.0 Å². The molecule has 2 N–H and O–H groups in total. The fraction of sp³-hybridized carbons (Fsp3) is 0.360. The molecule has 0 atom stereocenters. The number of benzene rings is 2. The highest BCUT2D eigenvalue weighted by molar-refractivity contribution is 6.03. The largest absolute Gasteiger partial charge is 0.469 e. The lowest BCUT2D eigenvalue weighted by atomic mass is 9.93. The Balaban J connectivity index is 1.60. The van der Waals surface area contributed by atoms with Gasteiger partial charge in [0.1, 0.15) is 5.84 Å². The zero-order valence-electron chi connectivity index (χ0n) is 19.0. The summed E-state index contributed by atoms with van der Waals surface area (Å²) in [6.07, 6.45) is 1.29. The average Bonchev–Trinajstić information content (AvgIpc) is 2.84. The molecular formula is C25H29N3O5. The minimum absolute atomic E-state index is 0.00336. The van der Waals surface area contributed by atoms with Gasteiger partial charge in [0.2, 0.25) is 0 Å². The average molecular weight is 452 g/mol. The van der Waals surface area contributed by atoms with E-state index in [1.807, 2.05) is 41.3 Å². The zero-order chi connectivity index (χ0) is 23.8. The number of hydrogen-bond acceptors (Lipinski definition) is 5. The summed E-state index contributed by atoms with van der Waals surface area (Å²) in [4.78, 5) is 41.3. The summed E-state index contributed by atoms with van der Waals surface area (Å²) < 4.78 is 9.51. The van der Waals surface area contributed by atoms with Crippen molar-refractivity contribution in [3.63, 3.8) is 0 Å². The quantitative estimate of drug-likeness (QED) is 0.408. The molecular weight excluding hydrogens is 422 g/mol. The van der Waals surface area contributed by atoms with Gasteiger partial charge in [-0.1, -0.05) is 36.4 Å². The van der Waals surface area contributed by atoms with Crippen LogP contribution in [0.4, 0.5) is 4.79 Å². The van der Waals surface area contributed by atoms with Crippen molar-refractivity contribution in [2.24, 2.45) is 16.6 Å². The molecule has 0 aliphatic carbocycles. The predicted molar refractivity (Wildman–Crippen MR) is 125 cm³/mol. The minimum Gasteiger partial charge on any atom is -0.469 e. The van der Waals surface area contributed by atoms with Gasteiger partial charge in [0, 0.05) is 30.6 Å². The molecule has 1 fully saturated rings. The first-order chi connectivity index (χ1) is 15.9. The summed E-state index contributed by atoms with van der Waals surface area (Å²) >= 11 is 0. The van der Waals surface area contributed by atoms with E-state index in [4.69, 9.17) is 15.2 Å². The third-order valence-electron chi connectivity index (χ3n) is 5.71. The maximum absolute atomic E-state index is 12.9. The number of nitrogens with two attached hydrogens (primary N) is 1. The summed E-state index contributed by atoms with van der Waals surface area (Å²) in [6, 6.07) is 14.8. The topological polar surface area (TPSA) is 111 Å². The van der Waals surface area contributed by atoms with Crippen LogP contribution in [0.3, 0.4) is 0 Å². The smallest absolute Gasteiger partial charge is 0.435 e. The van der Waals surface area contributed by atoms with Gasteiger partial charge in [-0.3, -0.25) is 9.59 Å². The molecule has 0 saturated carbocycles. The Hall–Kier alpha value is -3.68. The highest BCUT2D eigenvalue weighted by atomic mass is 16.5. The normalized spacial score (nSPS) is 14.6. The summed E-state index contributed by atoms with van der Waals surface area (Å²) in [7, 11) is 1.40. The van der Waals surface area contributed by atoms with Gasteiger partial charge in [-0.15, -0.1) is 0 Å². The lowest BCUT2D eigenvalue weighted by molar-refractivity contribution is -0.142. The number of rotatable bonds is 6. The number of nitrogens with zero attached hydrogens (tertiary/aromatic N) is 2. The van der Waals surface area contributed by atoms with Crippen LogP contribution < -0.4 is 5.73 Å². The van der Waals surface area contributed by atoms with Crippen LogP contribution in [-0.4, -0.2) is 55.5 Å². The molecule has 174 valence electrons. The fourth-order valence-corrected chi connectivity index (χ4v) is 3.80. The minimum atomic E-state index is -0.716. The molecule has 0 aromatic heterocycles. The number of carbonyl (C=O) groups is 3. The highest BCUT2D eigenvalue weighted by Gasteiger charge is 2.25. The second-order valence-corrected chi connectivity index (χ2v) is 7.87. The molecule has 0 bridgehead atoms. The van der Waals surface area contributed by atoms with Crippen LogP contribution in [0, 0.1) is 5.92 Å². The number of esters is 1. The molecule has 0 spiro atoms. The van der Waals surface area contributed by atoms with E-state index < -0.39 is 6.09 Å². The first kappa shape index (κ1) is 24.0. The monoisotopic (exact) mass is 451 g/mol. The number of hydrogen-bond donors (Lipinski definition) is 1. The Bertz CT molecular complexity index is 1010. The highest BCUT2D eigenvalue weighted by Crippen LogP contribution is 2.24. The maximum Gasteiger partial charge on any atom is 0.435 e. The molecule has 1 saturated heterocycles. The second-order valence-electron chi connectivity index (χ2n) is 7.87. The number of carbonyl (C=O) groups excluding carboxylic acids is 3. The Morgan fingerprint density at radius 3 is 2.03 bits per heavy atom. The second kappa shape index (κ2) is 11.3. The van der Waals surface area contributed by atoms with Crippen molar-refractivity contribution in [2.75, 3.05) is 26.8 Å². The van der Waals surface area contributed by atoms with Crippen LogP contribution in [0.25, 0.3) is 11.1 Å². The van der Waals surface area contributed by atoms with E-state index >= 15 is 0 Å². The van der Waals surface area contributed by atoms with E-state index in [-0.39, 0.29) is 30.2 Å². The molecule has 3 rings (SSSR count). The van der Waals surface area contributed by atoms with Crippen LogP contribution in [0.15, 0.2) is 53.5 Å². The van der Waals surface area contributed by atoms with Crippen LogP contribution in [0.2, 0.25) is 0 Å². The number of amidine groups is 1. The van der Waals surface area contributed by atoms with Crippen molar-refractivity contribution in [1.82, 2.24) is 4.90 Å². The molecule has 0 unspecified atom stereocenters. The third-order valence-corrected chi connectivity index (χ3v) is 5.71. The zero-order valence-corrected chi connectivity index (χ0v) is 19.0. The van der Waals surface area contributed by atoms with E-state index in [1.54, 1.807) is 19.1 Å². The maximum atomic E-state index is 12.9. The molecule has 8 heteroatoms. The van der Waals surface area contributed by atoms with Gasteiger partial charge in [-0.2, -0.15) is 4.99 Å². The van der Waals surface area contributed by atoms with Gasteiger partial charge in [-0.05, 0) is 48.9 Å². The SMILES string of the molecule is CCOC(=O)N=C(N)c1ccc(-c2ccc(C(=O)N3CCC(CC(=O)OC)CC3)cc2)cc1. The Morgan fingerprint density at radius 1 is 0.970 bits per heavy atom. The van der Waals surface area contributed by atoms with E-state index in [1.165, 1.54) is 7.11 Å². The van der Waals surface area contributed by atoms with Gasteiger partial charge < -0.3 is 20.1 Å². The van der Waals surface area contributed by atoms with Crippen molar-refractivity contribution < 1.29 is 23.9 Å². The predicted octanol–water partition coefficient (Wildman–Crippen LogP) is 3.63. The van der Waals surface area contributed by atoms with Gasteiger partial charge in [0.15, 0.2) is 0 Å². The molecule has 1 heterocycles. The van der Waals surface area contributed by atoms with Crippen molar-refractivity contribution in [1.29, 1.82) is 0 Å². The van der Waals surface area contributed by atoms with Gasteiger partial charge >= 0.3 is 12.1 Å². The van der Waals surface area contributed by atoms with E-state index in [2.05, 4.69) is 4.99 Å². The Kier molecular flexibility index (Phi) is 8.18. The molecule has 2 aromatic carbocycles. The number of ether oxygens (including phenoxy) is 2. The number of methoxy groups -OCH3 is 1. The summed E-state index contributed by atoms with van der Waals surface area (Å²) in [5, 5.41) is 0. The van der Waals surface area contributed by atoms with Gasteiger partial charge in [0.05, 0.1) is 13.7 Å². The lowest BCUT2D eigenvalue weighted by Crippen LogP contribution is -2.38. The first-order valence-electron chi connectivity index (χ1n) is 11.0. The van der Waals surface area contributed by atoms with Gasteiger partial charge in [-0.25, -0.2) is 4.79 Å². The van der Waals surface area contributed by atoms with Crippen molar-refractivity contribution in [3.8, 4) is 11.1 Å². The van der Waals surface area contributed by atoms with Crippen LogP contribution >= 0.6 is 0 Å². The molecule has 2 aromatic rings. The Labute approximate surface area is 193 Å². The third kappa shape index (κ3) is 6.41. The van der Waals surface area contributed by atoms with Crippen molar-refractivity contribution >= 4 is 23.8 Å². The molecule has 1 aliphatic rings. The molecule has 33 heavy (non-hydrogen) atoms. The summed E-state index contributed by atoms with van der Waals surface area (Å²) in [5.74, 6) is 0.160. The number of likely N-dealkylation sites (tertiary alicyclic amines) is 1. The fourth-order valence-electron chi connectivity index (χ4n) is 3.80. The van der Waals surface area contributed by atoms with Crippen molar-refractivity contribution in [3.05, 3.63) is 59.7 Å². The van der Waals surface area contributed by atoms with Crippen LogP contribution in [-0.2, 0) is 14.3 Å². The van der Waals surface area contributed by atoms with Crippen LogP contribution in [0.1, 0.15) is 42.1 Å². The number of aliphatic imine (C=N–C) groups is 1. The molecule has 0 radical (unpaired) electrons. The Morgan fingerprint density at radius 2 is 1.52 bits per heavy atom. The lowest BCUT2D eigenvalue weighted by Gasteiger charge is -2.31. The molecule has 2 amide bonds. The van der Waals surface area contributed by atoms with Crippen molar-refractivity contribution in [2.45, 2.75) is 26.2 Å².